The molecule has 3 fully saturated rings. The van der Waals surface area contributed by atoms with Crippen molar-refractivity contribution in [1.29, 1.82) is 0 Å². The Bertz CT molecular complexity index is 897. The molecule has 36 heavy (non-hydrogen) atoms. The maximum atomic E-state index is 13.1. The average Bonchev–Trinajstić information content (AvgIpc) is 3.04. The molecule has 0 spiro atoms. The molecule has 1 aliphatic heterocycles. The Morgan fingerprint density at radius 3 is 2.50 bits per heavy atom. The first kappa shape index (κ1) is 27.1. The molecular formula is C29H45N3O4. The van der Waals surface area contributed by atoms with E-state index >= 15 is 0 Å². The summed E-state index contributed by atoms with van der Waals surface area (Å²) in [6.45, 7) is 11.3. The summed E-state index contributed by atoms with van der Waals surface area (Å²) in [7, 11) is 0. The fourth-order valence-electron chi connectivity index (χ4n) is 7.07. The van der Waals surface area contributed by atoms with Gasteiger partial charge in [-0.15, -0.1) is 0 Å². The van der Waals surface area contributed by atoms with Gasteiger partial charge in [0, 0.05) is 38.6 Å². The van der Waals surface area contributed by atoms with Crippen molar-refractivity contribution >= 4 is 11.8 Å². The molecule has 0 radical (unpaired) electrons. The number of amides is 2. The second-order valence-electron chi connectivity index (χ2n) is 12.3. The zero-order valence-corrected chi connectivity index (χ0v) is 22.4. The highest BCUT2D eigenvalue weighted by molar-refractivity contribution is 5.79. The van der Waals surface area contributed by atoms with Gasteiger partial charge in [0.15, 0.2) is 0 Å². The van der Waals surface area contributed by atoms with E-state index in [-0.39, 0.29) is 34.6 Å². The van der Waals surface area contributed by atoms with Crippen LogP contribution in [-0.4, -0.2) is 72.9 Å². The standard InChI is InChI=1S/C29H45N3O4/c1-27(2)21-24(31-26(34)19-22-7-5-4-6-8-22)29(12-11-28(3,35)20-23(27)29)10-9-25(33)30-13-14-32-15-17-36-18-16-32/h4-8,23-24,35H,9-21H2,1-3H3,(H,30,33)(H,31,34)/t23-,24-,28+,29+/m0/s1. The highest BCUT2D eigenvalue weighted by atomic mass is 16.5. The summed E-state index contributed by atoms with van der Waals surface area (Å²) >= 11 is 0. The Morgan fingerprint density at radius 1 is 1.06 bits per heavy atom. The summed E-state index contributed by atoms with van der Waals surface area (Å²) in [4.78, 5) is 28.3. The third kappa shape index (κ3) is 6.48. The van der Waals surface area contributed by atoms with Crippen molar-refractivity contribution in [1.82, 2.24) is 15.5 Å². The molecule has 0 aromatic heterocycles. The summed E-state index contributed by atoms with van der Waals surface area (Å²) in [6, 6.07) is 9.84. The van der Waals surface area contributed by atoms with Crippen LogP contribution < -0.4 is 10.6 Å². The molecule has 2 aliphatic carbocycles. The monoisotopic (exact) mass is 499 g/mol. The SMILES string of the molecule is CC1(C)C[C@H](NC(=O)Cc2ccccc2)[C@]2(CCC(=O)NCCN3CCOCC3)CC[C@@](C)(O)C[C@@H]12. The van der Waals surface area contributed by atoms with E-state index in [1.807, 2.05) is 37.3 Å². The van der Waals surface area contributed by atoms with Gasteiger partial charge < -0.3 is 20.5 Å². The Labute approximate surface area is 216 Å². The summed E-state index contributed by atoms with van der Waals surface area (Å²) in [5.74, 6) is 0.360. The van der Waals surface area contributed by atoms with Gasteiger partial charge in [0.05, 0.1) is 25.2 Å². The van der Waals surface area contributed by atoms with E-state index < -0.39 is 5.60 Å². The molecule has 1 aromatic carbocycles. The first-order valence-corrected chi connectivity index (χ1v) is 13.7. The minimum Gasteiger partial charge on any atom is -0.390 e. The molecular weight excluding hydrogens is 454 g/mol. The van der Waals surface area contributed by atoms with Gasteiger partial charge in [-0.1, -0.05) is 44.2 Å². The van der Waals surface area contributed by atoms with Gasteiger partial charge in [0.25, 0.3) is 0 Å². The fraction of sp³-hybridized carbons (Fsp3) is 0.724. The summed E-state index contributed by atoms with van der Waals surface area (Å²) in [6.07, 6.45) is 4.64. The van der Waals surface area contributed by atoms with E-state index in [0.29, 0.717) is 32.2 Å². The lowest BCUT2D eigenvalue weighted by Crippen LogP contribution is -2.53. The molecule has 0 bridgehead atoms. The van der Waals surface area contributed by atoms with Crippen molar-refractivity contribution in [3.05, 3.63) is 35.9 Å². The lowest BCUT2D eigenvalue weighted by Gasteiger charge is -2.50. The zero-order valence-electron chi connectivity index (χ0n) is 22.4. The lowest BCUT2D eigenvalue weighted by atomic mass is 9.57. The number of rotatable bonds is 9. The van der Waals surface area contributed by atoms with Crippen molar-refractivity contribution in [2.45, 2.75) is 77.4 Å². The van der Waals surface area contributed by atoms with Crippen LogP contribution >= 0.6 is 0 Å². The van der Waals surface area contributed by atoms with Crippen LogP contribution in [0.15, 0.2) is 30.3 Å². The van der Waals surface area contributed by atoms with Crippen molar-refractivity contribution in [3.63, 3.8) is 0 Å². The molecule has 1 heterocycles. The van der Waals surface area contributed by atoms with E-state index in [2.05, 4.69) is 29.4 Å². The first-order chi connectivity index (χ1) is 17.1. The lowest BCUT2D eigenvalue weighted by molar-refractivity contribution is -0.124. The molecule has 2 saturated carbocycles. The van der Waals surface area contributed by atoms with Crippen LogP contribution in [0.25, 0.3) is 0 Å². The zero-order chi connectivity index (χ0) is 25.8. The van der Waals surface area contributed by atoms with Gasteiger partial charge in [-0.05, 0) is 61.3 Å². The average molecular weight is 500 g/mol. The van der Waals surface area contributed by atoms with Gasteiger partial charge in [-0.25, -0.2) is 0 Å². The first-order valence-electron chi connectivity index (χ1n) is 13.7. The molecule has 4 atom stereocenters. The molecule has 4 rings (SSSR count). The number of carbonyl (C=O) groups is 2. The number of benzene rings is 1. The van der Waals surface area contributed by atoms with E-state index in [1.54, 1.807) is 0 Å². The number of ether oxygens (including phenoxy) is 1. The van der Waals surface area contributed by atoms with Gasteiger partial charge in [0.2, 0.25) is 11.8 Å². The molecule has 200 valence electrons. The van der Waals surface area contributed by atoms with E-state index in [9.17, 15) is 14.7 Å². The maximum absolute atomic E-state index is 13.1. The number of nitrogens with one attached hydrogen (secondary N) is 2. The Balaban J connectivity index is 1.41. The largest absolute Gasteiger partial charge is 0.390 e. The van der Waals surface area contributed by atoms with Crippen molar-refractivity contribution in [3.8, 4) is 0 Å². The third-order valence-electron chi connectivity index (χ3n) is 9.05. The predicted molar refractivity (Wildman–Crippen MR) is 140 cm³/mol. The van der Waals surface area contributed by atoms with Crippen LogP contribution in [0.1, 0.15) is 64.9 Å². The number of morpholine rings is 1. The molecule has 1 aromatic rings. The van der Waals surface area contributed by atoms with Gasteiger partial charge in [-0.3, -0.25) is 14.5 Å². The highest BCUT2D eigenvalue weighted by Gasteiger charge is 2.61. The van der Waals surface area contributed by atoms with Crippen LogP contribution in [0.5, 0.6) is 0 Å². The van der Waals surface area contributed by atoms with Crippen molar-refractivity contribution in [2.75, 3.05) is 39.4 Å². The van der Waals surface area contributed by atoms with Gasteiger partial charge in [0.1, 0.15) is 0 Å². The van der Waals surface area contributed by atoms with Crippen LogP contribution in [-0.2, 0) is 20.7 Å². The normalized spacial score (nSPS) is 32.0. The quantitative estimate of drug-likeness (QED) is 0.486. The molecule has 0 unspecified atom stereocenters. The van der Waals surface area contributed by atoms with Crippen LogP contribution in [0, 0.1) is 16.7 Å². The molecule has 2 amide bonds. The second kappa shape index (κ2) is 11.2. The minimum absolute atomic E-state index is 0.00552. The Kier molecular flexibility index (Phi) is 8.42. The van der Waals surface area contributed by atoms with Crippen LogP contribution in [0.4, 0.5) is 0 Å². The summed E-state index contributed by atoms with van der Waals surface area (Å²) in [5, 5.41) is 17.5. The fourth-order valence-corrected chi connectivity index (χ4v) is 7.07. The van der Waals surface area contributed by atoms with Gasteiger partial charge >= 0.3 is 0 Å². The minimum atomic E-state index is -0.700. The van der Waals surface area contributed by atoms with Crippen molar-refractivity contribution < 1.29 is 19.4 Å². The van der Waals surface area contributed by atoms with Crippen LogP contribution in [0.2, 0.25) is 0 Å². The molecule has 7 heteroatoms. The Morgan fingerprint density at radius 2 is 1.78 bits per heavy atom. The number of hydrogen-bond acceptors (Lipinski definition) is 5. The third-order valence-corrected chi connectivity index (χ3v) is 9.05. The van der Waals surface area contributed by atoms with Crippen molar-refractivity contribution in [2.24, 2.45) is 16.7 Å². The van der Waals surface area contributed by atoms with Gasteiger partial charge in [-0.2, -0.15) is 0 Å². The van der Waals surface area contributed by atoms with E-state index in [1.165, 1.54) is 0 Å². The molecule has 3 aliphatic rings. The maximum Gasteiger partial charge on any atom is 0.224 e. The topological polar surface area (TPSA) is 90.9 Å². The molecule has 3 N–H and O–H groups in total. The smallest absolute Gasteiger partial charge is 0.224 e. The summed E-state index contributed by atoms with van der Waals surface area (Å²) in [5.41, 5.74) is 0.0974. The molecule has 7 nitrogen and oxygen atoms in total. The van der Waals surface area contributed by atoms with E-state index in [0.717, 1.165) is 57.7 Å². The van der Waals surface area contributed by atoms with Crippen LogP contribution in [0.3, 0.4) is 0 Å². The number of fused-ring (bicyclic) bond motifs is 1. The number of aliphatic hydroxyl groups is 1. The highest BCUT2D eigenvalue weighted by Crippen LogP contribution is 2.63. The second-order valence-corrected chi connectivity index (χ2v) is 12.3. The Hall–Kier alpha value is -1.96. The molecule has 1 saturated heterocycles. The summed E-state index contributed by atoms with van der Waals surface area (Å²) < 4.78 is 5.40. The van der Waals surface area contributed by atoms with E-state index in [4.69, 9.17) is 4.74 Å². The predicted octanol–water partition coefficient (Wildman–Crippen LogP) is 2.91. The number of nitrogens with zero attached hydrogens (tertiary/aromatic N) is 1. The number of hydrogen-bond donors (Lipinski definition) is 3. The number of carbonyl (C=O) groups excluding carboxylic acids is 2.